The second-order valence-electron chi connectivity index (χ2n) is 5.47. The van der Waals surface area contributed by atoms with E-state index in [9.17, 15) is 0 Å². The van der Waals surface area contributed by atoms with Crippen LogP contribution in [0.2, 0.25) is 0 Å². The summed E-state index contributed by atoms with van der Waals surface area (Å²) in [5.74, 6) is 0.622. The molecule has 1 aromatic carbocycles. The SMILES string of the molecule is CCC(C)(C)c1cc(C(C)C)ccc1C. The van der Waals surface area contributed by atoms with E-state index in [0.717, 1.165) is 0 Å². The molecule has 0 aliphatic carbocycles. The van der Waals surface area contributed by atoms with Crippen LogP contribution in [0, 0.1) is 6.92 Å². The van der Waals surface area contributed by atoms with E-state index in [1.54, 1.807) is 0 Å². The third-order valence-electron chi connectivity index (χ3n) is 3.54. The van der Waals surface area contributed by atoms with Gasteiger partial charge in [-0.05, 0) is 41.4 Å². The van der Waals surface area contributed by atoms with Gasteiger partial charge in [0.1, 0.15) is 0 Å². The molecule has 0 radical (unpaired) electrons. The molecule has 0 atom stereocenters. The van der Waals surface area contributed by atoms with Gasteiger partial charge in [0, 0.05) is 0 Å². The van der Waals surface area contributed by atoms with Crippen LogP contribution in [0.25, 0.3) is 0 Å². The molecule has 0 bridgehead atoms. The molecule has 0 heteroatoms. The molecule has 0 N–H and O–H groups in total. The highest BCUT2D eigenvalue weighted by Gasteiger charge is 2.20. The summed E-state index contributed by atoms with van der Waals surface area (Å²) in [6.07, 6.45) is 1.19. The second-order valence-corrected chi connectivity index (χ2v) is 5.47. The molecule has 0 aliphatic rings. The average Bonchev–Trinajstić information content (AvgIpc) is 2.17. The van der Waals surface area contributed by atoms with E-state index >= 15 is 0 Å². The van der Waals surface area contributed by atoms with E-state index < -0.39 is 0 Å². The van der Waals surface area contributed by atoms with E-state index in [-0.39, 0.29) is 0 Å². The predicted octanol–water partition coefficient (Wildman–Crippen LogP) is 4.81. The molecule has 0 heterocycles. The summed E-state index contributed by atoms with van der Waals surface area (Å²) < 4.78 is 0. The van der Waals surface area contributed by atoms with Gasteiger partial charge in [0.25, 0.3) is 0 Å². The maximum Gasteiger partial charge on any atom is -0.0103 e. The van der Waals surface area contributed by atoms with Crippen molar-refractivity contribution in [1.82, 2.24) is 0 Å². The van der Waals surface area contributed by atoms with Crippen LogP contribution in [0.3, 0.4) is 0 Å². The standard InChI is InChI=1S/C15H24/c1-7-15(5,6)14-10-13(11(2)3)9-8-12(14)4/h8-11H,7H2,1-6H3. The summed E-state index contributed by atoms with van der Waals surface area (Å²) in [6, 6.07) is 6.92. The van der Waals surface area contributed by atoms with Crippen molar-refractivity contribution in [1.29, 1.82) is 0 Å². The van der Waals surface area contributed by atoms with E-state index in [1.807, 2.05) is 0 Å². The Morgan fingerprint density at radius 1 is 1.20 bits per heavy atom. The topological polar surface area (TPSA) is 0 Å². The molecular weight excluding hydrogens is 180 g/mol. The Balaban J connectivity index is 3.22. The largest absolute Gasteiger partial charge is 0.0646 e. The normalized spacial score (nSPS) is 12.2. The molecule has 84 valence electrons. The lowest BCUT2D eigenvalue weighted by Crippen LogP contribution is -2.17. The van der Waals surface area contributed by atoms with Gasteiger partial charge in [0.2, 0.25) is 0 Å². The molecule has 0 spiro atoms. The summed E-state index contributed by atoms with van der Waals surface area (Å²) in [7, 11) is 0. The molecule has 0 fully saturated rings. The minimum Gasteiger partial charge on any atom is -0.0646 e. The van der Waals surface area contributed by atoms with Gasteiger partial charge < -0.3 is 0 Å². The first-order valence-electron chi connectivity index (χ1n) is 5.99. The van der Waals surface area contributed by atoms with Gasteiger partial charge in [-0.25, -0.2) is 0 Å². The van der Waals surface area contributed by atoms with Gasteiger partial charge in [0.15, 0.2) is 0 Å². The summed E-state index contributed by atoms with van der Waals surface area (Å²) in [6.45, 7) is 13.7. The van der Waals surface area contributed by atoms with E-state index in [2.05, 4.69) is 59.7 Å². The maximum atomic E-state index is 2.39. The van der Waals surface area contributed by atoms with Crippen LogP contribution in [0.15, 0.2) is 18.2 Å². The molecule has 1 aromatic rings. The first kappa shape index (κ1) is 12.3. The molecule has 0 saturated heterocycles. The molecule has 0 unspecified atom stereocenters. The zero-order valence-corrected chi connectivity index (χ0v) is 11.0. The van der Waals surface area contributed by atoms with Crippen molar-refractivity contribution in [3.05, 3.63) is 34.9 Å². The van der Waals surface area contributed by atoms with Gasteiger partial charge in [-0.15, -0.1) is 0 Å². The highest BCUT2D eigenvalue weighted by molar-refractivity contribution is 5.37. The molecule has 0 nitrogen and oxygen atoms in total. The third-order valence-corrected chi connectivity index (χ3v) is 3.54. The number of aryl methyl sites for hydroxylation is 1. The van der Waals surface area contributed by atoms with Gasteiger partial charge in [-0.3, -0.25) is 0 Å². The smallest absolute Gasteiger partial charge is 0.0103 e. The minimum atomic E-state index is 0.301. The highest BCUT2D eigenvalue weighted by Crippen LogP contribution is 2.31. The molecule has 0 saturated carbocycles. The number of hydrogen-bond acceptors (Lipinski definition) is 0. The van der Waals surface area contributed by atoms with Crippen LogP contribution in [0.4, 0.5) is 0 Å². The zero-order chi connectivity index (χ0) is 11.6. The third kappa shape index (κ3) is 2.62. The van der Waals surface area contributed by atoms with Crippen molar-refractivity contribution < 1.29 is 0 Å². The fraction of sp³-hybridized carbons (Fsp3) is 0.600. The summed E-state index contributed by atoms with van der Waals surface area (Å²) in [4.78, 5) is 0. The fourth-order valence-corrected chi connectivity index (χ4v) is 1.92. The van der Waals surface area contributed by atoms with Crippen LogP contribution < -0.4 is 0 Å². The molecule has 15 heavy (non-hydrogen) atoms. The van der Waals surface area contributed by atoms with Gasteiger partial charge >= 0.3 is 0 Å². The molecule has 1 rings (SSSR count). The first-order chi connectivity index (χ1) is 6.88. The van der Waals surface area contributed by atoms with Gasteiger partial charge in [-0.1, -0.05) is 52.8 Å². The van der Waals surface area contributed by atoms with Crippen molar-refractivity contribution in [3.8, 4) is 0 Å². The molecule has 0 amide bonds. The Bertz CT molecular complexity index is 332. The van der Waals surface area contributed by atoms with Crippen LogP contribution in [0.1, 0.15) is 63.6 Å². The Hall–Kier alpha value is -0.780. The Morgan fingerprint density at radius 3 is 2.27 bits per heavy atom. The van der Waals surface area contributed by atoms with E-state index in [0.29, 0.717) is 11.3 Å². The van der Waals surface area contributed by atoms with Gasteiger partial charge in [0.05, 0.1) is 0 Å². The van der Waals surface area contributed by atoms with Crippen LogP contribution in [0.5, 0.6) is 0 Å². The lowest BCUT2D eigenvalue weighted by atomic mass is 9.78. The van der Waals surface area contributed by atoms with Gasteiger partial charge in [-0.2, -0.15) is 0 Å². The average molecular weight is 204 g/mol. The Labute approximate surface area is 94.7 Å². The maximum absolute atomic E-state index is 2.39. The van der Waals surface area contributed by atoms with Crippen molar-refractivity contribution in [2.24, 2.45) is 0 Å². The lowest BCUT2D eigenvalue weighted by Gasteiger charge is -2.26. The zero-order valence-electron chi connectivity index (χ0n) is 11.0. The quantitative estimate of drug-likeness (QED) is 0.663. The van der Waals surface area contributed by atoms with Crippen molar-refractivity contribution >= 4 is 0 Å². The molecule has 0 aromatic heterocycles. The first-order valence-corrected chi connectivity index (χ1v) is 5.99. The van der Waals surface area contributed by atoms with Crippen LogP contribution >= 0.6 is 0 Å². The van der Waals surface area contributed by atoms with Crippen molar-refractivity contribution in [2.45, 2.75) is 59.3 Å². The second kappa shape index (κ2) is 4.38. The molecular formula is C15H24. The Kier molecular flexibility index (Phi) is 3.59. The van der Waals surface area contributed by atoms with E-state index in [1.165, 1.54) is 23.1 Å². The van der Waals surface area contributed by atoms with Crippen molar-refractivity contribution in [3.63, 3.8) is 0 Å². The summed E-state index contributed by atoms with van der Waals surface area (Å²) in [5, 5.41) is 0. The Morgan fingerprint density at radius 2 is 1.80 bits per heavy atom. The summed E-state index contributed by atoms with van der Waals surface area (Å²) >= 11 is 0. The number of benzene rings is 1. The number of hydrogen-bond donors (Lipinski definition) is 0. The van der Waals surface area contributed by atoms with Crippen molar-refractivity contribution in [2.75, 3.05) is 0 Å². The highest BCUT2D eigenvalue weighted by atomic mass is 14.2. The summed E-state index contributed by atoms with van der Waals surface area (Å²) in [5.41, 5.74) is 4.69. The molecule has 0 aliphatic heterocycles. The number of rotatable bonds is 3. The monoisotopic (exact) mass is 204 g/mol. The minimum absolute atomic E-state index is 0.301. The van der Waals surface area contributed by atoms with Crippen LogP contribution in [-0.4, -0.2) is 0 Å². The van der Waals surface area contributed by atoms with E-state index in [4.69, 9.17) is 0 Å². The van der Waals surface area contributed by atoms with Crippen LogP contribution in [-0.2, 0) is 5.41 Å². The fourth-order valence-electron chi connectivity index (χ4n) is 1.92. The lowest BCUT2D eigenvalue weighted by molar-refractivity contribution is 0.502. The predicted molar refractivity (Wildman–Crippen MR) is 68.6 cm³/mol.